The van der Waals surface area contributed by atoms with Crippen LogP contribution in [-0.4, -0.2) is 5.91 Å². The smallest absolute Gasteiger partial charge is 0.248 e. The molecular formula is C16H17FN2O. The minimum Gasteiger partial charge on any atom is -0.379 e. The highest BCUT2D eigenvalue weighted by molar-refractivity contribution is 5.93. The molecule has 3 N–H and O–H groups in total. The van der Waals surface area contributed by atoms with Crippen LogP contribution in [-0.2, 0) is 6.54 Å². The van der Waals surface area contributed by atoms with Gasteiger partial charge in [0.1, 0.15) is 5.82 Å². The van der Waals surface area contributed by atoms with Gasteiger partial charge < -0.3 is 11.1 Å². The minimum absolute atomic E-state index is 0.278. The number of hydrogen-bond donors (Lipinski definition) is 2. The Balaban J connectivity index is 2.18. The molecule has 0 fully saturated rings. The fraction of sp³-hybridized carbons (Fsp3) is 0.188. The molecule has 20 heavy (non-hydrogen) atoms. The Bertz CT molecular complexity index is 633. The lowest BCUT2D eigenvalue weighted by Crippen LogP contribution is -2.12. The molecule has 0 heterocycles. The van der Waals surface area contributed by atoms with Crippen LogP contribution in [0, 0.1) is 19.7 Å². The van der Waals surface area contributed by atoms with Gasteiger partial charge in [0.2, 0.25) is 5.91 Å². The summed E-state index contributed by atoms with van der Waals surface area (Å²) in [4.78, 5) is 11.1. The van der Waals surface area contributed by atoms with Crippen LogP contribution in [0.25, 0.3) is 0 Å². The average molecular weight is 272 g/mol. The molecule has 0 bridgehead atoms. The van der Waals surface area contributed by atoms with Gasteiger partial charge in [0, 0.05) is 12.1 Å². The summed E-state index contributed by atoms with van der Waals surface area (Å²) in [6.07, 6.45) is 0. The molecule has 0 spiro atoms. The number of primary amides is 1. The van der Waals surface area contributed by atoms with Gasteiger partial charge in [0.15, 0.2) is 0 Å². The Morgan fingerprint density at radius 1 is 1.15 bits per heavy atom. The fourth-order valence-corrected chi connectivity index (χ4v) is 2.18. The normalized spacial score (nSPS) is 10.3. The van der Waals surface area contributed by atoms with Crippen LogP contribution < -0.4 is 11.1 Å². The van der Waals surface area contributed by atoms with E-state index in [4.69, 9.17) is 5.73 Å². The maximum absolute atomic E-state index is 13.7. The number of nitrogens with two attached hydrogens (primary N) is 1. The van der Waals surface area contributed by atoms with Gasteiger partial charge in [-0.3, -0.25) is 4.79 Å². The molecule has 1 amide bonds. The van der Waals surface area contributed by atoms with Crippen LogP contribution in [0.5, 0.6) is 0 Å². The first kappa shape index (κ1) is 14.1. The largest absolute Gasteiger partial charge is 0.379 e. The zero-order valence-electron chi connectivity index (χ0n) is 11.5. The van der Waals surface area contributed by atoms with E-state index in [0.717, 1.165) is 16.7 Å². The molecule has 2 aromatic carbocycles. The molecule has 0 atom stereocenters. The van der Waals surface area contributed by atoms with Crippen LogP contribution in [0.15, 0.2) is 36.4 Å². The van der Waals surface area contributed by atoms with E-state index in [0.29, 0.717) is 6.54 Å². The Morgan fingerprint density at radius 2 is 1.80 bits per heavy atom. The summed E-state index contributed by atoms with van der Waals surface area (Å²) >= 11 is 0. The second kappa shape index (κ2) is 5.74. The third-order valence-electron chi connectivity index (χ3n) is 3.02. The second-order valence-corrected chi connectivity index (χ2v) is 4.91. The monoisotopic (exact) mass is 272 g/mol. The summed E-state index contributed by atoms with van der Waals surface area (Å²) in [5, 5.41) is 3.00. The van der Waals surface area contributed by atoms with E-state index in [1.165, 1.54) is 18.2 Å². The molecule has 0 radical (unpaired) electrons. The van der Waals surface area contributed by atoms with Crippen molar-refractivity contribution in [3.63, 3.8) is 0 Å². The number of halogens is 1. The highest BCUT2D eigenvalue weighted by Crippen LogP contribution is 2.18. The minimum atomic E-state index is -0.570. The van der Waals surface area contributed by atoms with Crippen molar-refractivity contribution >= 4 is 11.6 Å². The van der Waals surface area contributed by atoms with Crippen molar-refractivity contribution in [1.29, 1.82) is 0 Å². The summed E-state index contributed by atoms with van der Waals surface area (Å²) in [7, 11) is 0. The number of carbonyl (C=O) groups excluding carboxylic acids is 1. The van der Waals surface area contributed by atoms with Gasteiger partial charge in [-0.05, 0) is 37.6 Å². The number of rotatable bonds is 4. The van der Waals surface area contributed by atoms with Crippen LogP contribution in [0.1, 0.15) is 27.0 Å². The highest BCUT2D eigenvalue weighted by atomic mass is 19.1. The number of aryl methyl sites for hydroxylation is 2. The van der Waals surface area contributed by atoms with Crippen molar-refractivity contribution in [3.8, 4) is 0 Å². The zero-order valence-corrected chi connectivity index (χ0v) is 11.5. The Kier molecular flexibility index (Phi) is 4.03. The van der Waals surface area contributed by atoms with E-state index in [2.05, 4.69) is 11.4 Å². The molecule has 0 aliphatic carbocycles. The van der Waals surface area contributed by atoms with Crippen molar-refractivity contribution in [1.82, 2.24) is 0 Å². The maximum Gasteiger partial charge on any atom is 0.248 e. The van der Waals surface area contributed by atoms with E-state index >= 15 is 0 Å². The average Bonchev–Trinajstić information content (AvgIpc) is 2.36. The first-order chi connectivity index (χ1) is 9.45. The number of hydrogen-bond acceptors (Lipinski definition) is 2. The molecule has 2 aromatic rings. The topological polar surface area (TPSA) is 55.1 Å². The molecule has 2 rings (SSSR count). The van der Waals surface area contributed by atoms with Gasteiger partial charge >= 0.3 is 0 Å². The van der Waals surface area contributed by atoms with Crippen molar-refractivity contribution in [2.45, 2.75) is 20.4 Å². The van der Waals surface area contributed by atoms with Crippen molar-refractivity contribution in [2.75, 3.05) is 5.32 Å². The summed E-state index contributed by atoms with van der Waals surface area (Å²) in [6, 6.07) is 10.2. The third-order valence-corrected chi connectivity index (χ3v) is 3.02. The van der Waals surface area contributed by atoms with Crippen molar-refractivity contribution in [3.05, 3.63) is 64.5 Å². The van der Waals surface area contributed by atoms with E-state index in [1.807, 2.05) is 26.0 Å². The molecule has 0 saturated heterocycles. The molecule has 3 nitrogen and oxygen atoms in total. The SMILES string of the molecule is Cc1cc(C)cc(CNc2cc(C(N)=O)ccc2F)c1. The van der Waals surface area contributed by atoms with Gasteiger partial charge in [0.25, 0.3) is 0 Å². The van der Waals surface area contributed by atoms with Crippen LogP contribution in [0.3, 0.4) is 0 Å². The molecule has 0 aliphatic rings. The maximum atomic E-state index is 13.7. The number of amides is 1. The molecular weight excluding hydrogens is 255 g/mol. The number of anilines is 1. The van der Waals surface area contributed by atoms with E-state index in [-0.39, 0.29) is 11.3 Å². The lowest BCUT2D eigenvalue weighted by atomic mass is 10.1. The highest BCUT2D eigenvalue weighted by Gasteiger charge is 2.07. The molecule has 0 saturated carbocycles. The first-order valence-corrected chi connectivity index (χ1v) is 6.36. The number of benzene rings is 2. The molecule has 104 valence electrons. The lowest BCUT2D eigenvalue weighted by molar-refractivity contribution is 0.100. The first-order valence-electron chi connectivity index (χ1n) is 6.36. The number of carbonyl (C=O) groups is 1. The second-order valence-electron chi connectivity index (χ2n) is 4.91. The standard InChI is InChI=1S/C16H17FN2O/c1-10-5-11(2)7-12(6-10)9-19-15-8-13(16(18)20)3-4-14(15)17/h3-8,19H,9H2,1-2H3,(H2,18,20). The summed E-state index contributed by atoms with van der Waals surface area (Å²) in [5.74, 6) is -0.973. The molecule has 0 aromatic heterocycles. The lowest BCUT2D eigenvalue weighted by Gasteiger charge is -2.10. The third kappa shape index (κ3) is 3.35. The molecule has 0 aliphatic heterocycles. The van der Waals surface area contributed by atoms with Gasteiger partial charge in [-0.25, -0.2) is 4.39 Å². The summed E-state index contributed by atoms with van der Waals surface area (Å²) in [5.41, 5.74) is 9.14. The van der Waals surface area contributed by atoms with Gasteiger partial charge in [-0.2, -0.15) is 0 Å². The predicted molar refractivity (Wildman–Crippen MR) is 78.2 cm³/mol. The zero-order chi connectivity index (χ0) is 14.7. The van der Waals surface area contributed by atoms with Crippen LogP contribution >= 0.6 is 0 Å². The predicted octanol–water partition coefficient (Wildman–Crippen LogP) is 3.15. The van der Waals surface area contributed by atoms with E-state index < -0.39 is 11.7 Å². The van der Waals surface area contributed by atoms with Gasteiger partial charge in [-0.15, -0.1) is 0 Å². The summed E-state index contributed by atoms with van der Waals surface area (Å²) < 4.78 is 13.7. The van der Waals surface area contributed by atoms with Crippen LogP contribution in [0.4, 0.5) is 10.1 Å². The Labute approximate surface area is 117 Å². The van der Waals surface area contributed by atoms with Crippen molar-refractivity contribution < 1.29 is 9.18 Å². The van der Waals surface area contributed by atoms with Gasteiger partial charge in [0.05, 0.1) is 5.69 Å². The Morgan fingerprint density at radius 3 is 2.40 bits per heavy atom. The van der Waals surface area contributed by atoms with Crippen LogP contribution in [0.2, 0.25) is 0 Å². The molecule has 4 heteroatoms. The van der Waals surface area contributed by atoms with Crippen molar-refractivity contribution in [2.24, 2.45) is 5.73 Å². The van der Waals surface area contributed by atoms with E-state index in [9.17, 15) is 9.18 Å². The number of nitrogens with one attached hydrogen (secondary N) is 1. The Hall–Kier alpha value is -2.36. The van der Waals surface area contributed by atoms with Gasteiger partial charge in [-0.1, -0.05) is 29.3 Å². The summed E-state index contributed by atoms with van der Waals surface area (Å²) in [6.45, 7) is 4.53. The van der Waals surface area contributed by atoms with E-state index in [1.54, 1.807) is 0 Å². The quantitative estimate of drug-likeness (QED) is 0.898. The molecule has 0 unspecified atom stereocenters. The fourth-order valence-electron chi connectivity index (χ4n) is 2.18.